The monoisotopic (exact) mass is 280 g/mol. The number of nitrogens with two attached hydrogens (primary N) is 1. The molecule has 0 saturated carbocycles. The molecule has 0 radical (unpaired) electrons. The third-order valence-corrected chi connectivity index (χ3v) is 2.20. The first-order valence-corrected chi connectivity index (χ1v) is 5.01. The number of phenolic OH excluding ortho intramolecular Hbond substituents is 1. The van der Waals surface area contributed by atoms with Crippen LogP contribution in [0.25, 0.3) is 0 Å². The highest BCUT2D eigenvalue weighted by Gasteiger charge is 2.27. The highest BCUT2D eigenvalue weighted by atomic mass is 35.5. The Balaban J connectivity index is 0.00000289. The Hall–Kier alpha value is -1.40. The van der Waals surface area contributed by atoms with Crippen molar-refractivity contribution in [3.63, 3.8) is 0 Å². The number of carbonyl (C=O) groups excluding carboxylic acids is 1. The first-order valence-electron chi connectivity index (χ1n) is 5.01. The maximum absolute atomic E-state index is 12.8. The number of rotatable bonds is 4. The molecule has 0 heterocycles. The van der Waals surface area contributed by atoms with Crippen LogP contribution in [0.3, 0.4) is 0 Å². The van der Waals surface area contributed by atoms with Gasteiger partial charge < -0.3 is 16.2 Å². The molecular weight excluding hydrogens is 266 g/mol. The van der Waals surface area contributed by atoms with Gasteiger partial charge in [-0.3, -0.25) is 4.79 Å². The smallest absolute Gasteiger partial charge is 0.277 e. The largest absolute Gasteiger partial charge is 0.507 e. The maximum Gasteiger partial charge on any atom is 0.277 e. The number of hydrogen-bond donors (Lipinski definition) is 3. The van der Waals surface area contributed by atoms with Crippen LogP contribution in [0.4, 0.5) is 8.78 Å². The average Bonchev–Trinajstić information content (AvgIpc) is 2.29. The molecule has 1 aromatic carbocycles. The van der Waals surface area contributed by atoms with Crippen LogP contribution < -0.4 is 11.1 Å². The van der Waals surface area contributed by atoms with Crippen LogP contribution in [0, 0.1) is 6.92 Å². The molecule has 1 rings (SSSR count). The molecule has 4 N–H and O–H groups in total. The Labute approximate surface area is 110 Å². The number of alkyl halides is 2. The van der Waals surface area contributed by atoms with E-state index >= 15 is 0 Å². The predicted octanol–water partition coefficient (Wildman–Crippen LogP) is 1.45. The molecule has 0 aliphatic rings. The molecule has 18 heavy (non-hydrogen) atoms. The first kappa shape index (κ1) is 16.6. The number of nitrogens with one attached hydrogen (secondary N) is 1. The fourth-order valence-corrected chi connectivity index (χ4v) is 1.21. The van der Waals surface area contributed by atoms with E-state index in [1.807, 2.05) is 5.32 Å². The Morgan fingerprint density at radius 3 is 2.67 bits per heavy atom. The molecule has 0 aliphatic carbocycles. The molecule has 0 saturated heterocycles. The number of benzene rings is 1. The maximum atomic E-state index is 12.8. The summed E-state index contributed by atoms with van der Waals surface area (Å²) in [6, 6.07) is 4.37. The Morgan fingerprint density at radius 2 is 2.11 bits per heavy atom. The molecule has 7 heteroatoms. The number of carbonyl (C=O) groups is 1. The molecule has 0 spiro atoms. The molecule has 1 amide bonds. The van der Waals surface area contributed by atoms with E-state index in [2.05, 4.69) is 0 Å². The van der Waals surface area contributed by atoms with Crippen LogP contribution in [0.5, 0.6) is 5.75 Å². The van der Waals surface area contributed by atoms with Crippen LogP contribution in [0.15, 0.2) is 18.2 Å². The second kappa shape index (κ2) is 6.51. The van der Waals surface area contributed by atoms with E-state index in [9.17, 15) is 18.7 Å². The molecule has 0 atom stereocenters. The minimum absolute atomic E-state index is 0. The molecule has 102 valence electrons. The van der Waals surface area contributed by atoms with Gasteiger partial charge in [-0.25, -0.2) is 8.78 Å². The van der Waals surface area contributed by atoms with Crippen LogP contribution in [-0.4, -0.2) is 30.0 Å². The summed E-state index contributed by atoms with van der Waals surface area (Å²) < 4.78 is 25.6. The number of halogens is 3. The normalized spacial score (nSPS) is 10.7. The van der Waals surface area contributed by atoms with Crippen molar-refractivity contribution < 1.29 is 18.7 Å². The molecule has 0 unspecified atom stereocenters. The molecule has 4 nitrogen and oxygen atoms in total. The summed E-state index contributed by atoms with van der Waals surface area (Å²) in [4.78, 5) is 11.5. The lowest BCUT2D eigenvalue weighted by molar-refractivity contribution is 0.0118. The molecule has 0 fully saturated rings. The van der Waals surface area contributed by atoms with Gasteiger partial charge in [0.15, 0.2) is 0 Å². The quantitative estimate of drug-likeness (QED) is 0.781. The van der Waals surface area contributed by atoms with Gasteiger partial charge in [0.2, 0.25) is 0 Å². The van der Waals surface area contributed by atoms with Crippen molar-refractivity contribution >= 4 is 18.3 Å². The van der Waals surface area contributed by atoms with E-state index in [4.69, 9.17) is 5.73 Å². The Morgan fingerprint density at radius 1 is 1.50 bits per heavy atom. The van der Waals surface area contributed by atoms with Crippen molar-refractivity contribution in [3.8, 4) is 5.75 Å². The summed E-state index contributed by atoms with van der Waals surface area (Å²) in [5.74, 6) is -4.14. The summed E-state index contributed by atoms with van der Waals surface area (Å²) in [5.41, 5.74) is 5.55. The molecule has 0 bridgehead atoms. The summed E-state index contributed by atoms with van der Waals surface area (Å²) in [6.45, 7) is 0.0352. The highest BCUT2D eigenvalue weighted by molar-refractivity contribution is 5.97. The van der Waals surface area contributed by atoms with Crippen molar-refractivity contribution in [1.29, 1.82) is 0 Å². The van der Waals surface area contributed by atoms with E-state index in [-0.39, 0.29) is 23.7 Å². The van der Waals surface area contributed by atoms with Gasteiger partial charge in [-0.15, -0.1) is 12.4 Å². The van der Waals surface area contributed by atoms with Gasteiger partial charge in [-0.05, 0) is 19.1 Å². The summed E-state index contributed by atoms with van der Waals surface area (Å²) in [5, 5.41) is 11.4. The zero-order valence-electron chi connectivity index (χ0n) is 9.74. The summed E-state index contributed by atoms with van der Waals surface area (Å²) >= 11 is 0. The Bertz CT molecular complexity index is 428. The second-order valence-corrected chi connectivity index (χ2v) is 3.76. The van der Waals surface area contributed by atoms with E-state index < -0.39 is 24.9 Å². The van der Waals surface area contributed by atoms with Crippen molar-refractivity contribution in [2.75, 3.05) is 13.1 Å². The van der Waals surface area contributed by atoms with Gasteiger partial charge in [-0.2, -0.15) is 0 Å². The van der Waals surface area contributed by atoms with Crippen molar-refractivity contribution in [2.24, 2.45) is 5.73 Å². The Kier molecular flexibility index (Phi) is 6.00. The molecule has 1 aromatic rings. The number of aryl methyl sites for hydroxylation is 1. The first-order chi connectivity index (χ1) is 7.85. The lowest BCUT2D eigenvalue weighted by Gasteiger charge is -2.15. The van der Waals surface area contributed by atoms with Gasteiger partial charge in [-0.1, -0.05) is 11.6 Å². The topological polar surface area (TPSA) is 75.3 Å². The SMILES string of the molecule is Cc1ccc(O)c(C(=O)NCC(F)(F)CN)c1.Cl. The lowest BCUT2D eigenvalue weighted by atomic mass is 10.1. The van der Waals surface area contributed by atoms with Gasteiger partial charge in [0.1, 0.15) is 5.75 Å². The lowest BCUT2D eigenvalue weighted by Crippen LogP contribution is -2.41. The zero-order valence-corrected chi connectivity index (χ0v) is 10.6. The number of amides is 1. The van der Waals surface area contributed by atoms with Crippen molar-refractivity contribution in [3.05, 3.63) is 29.3 Å². The molecule has 0 aromatic heterocycles. The molecular formula is C11H15ClF2N2O2. The molecule has 0 aliphatic heterocycles. The van der Waals surface area contributed by atoms with E-state index in [1.165, 1.54) is 12.1 Å². The van der Waals surface area contributed by atoms with E-state index in [1.54, 1.807) is 13.0 Å². The minimum atomic E-state index is -3.14. The second-order valence-electron chi connectivity index (χ2n) is 3.76. The van der Waals surface area contributed by atoms with Gasteiger partial charge >= 0.3 is 0 Å². The van der Waals surface area contributed by atoms with Crippen molar-refractivity contribution in [1.82, 2.24) is 5.32 Å². The minimum Gasteiger partial charge on any atom is -0.507 e. The fraction of sp³-hybridized carbons (Fsp3) is 0.364. The zero-order chi connectivity index (χ0) is 13.1. The summed E-state index contributed by atoms with van der Waals surface area (Å²) in [6.07, 6.45) is 0. The van der Waals surface area contributed by atoms with Crippen LogP contribution in [0.2, 0.25) is 0 Å². The van der Waals surface area contributed by atoms with Crippen LogP contribution in [0.1, 0.15) is 15.9 Å². The van der Waals surface area contributed by atoms with Crippen LogP contribution >= 0.6 is 12.4 Å². The summed E-state index contributed by atoms with van der Waals surface area (Å²) in [7, 11) is 0. The number of aromatic hydroxyl groups is 1. The van der Waals surface area contributed by atoms with Gasteiger partial charge in [0.25, 0.3) is 11.8 Å². The van der Waals surface area contributed by atoms with Crippen molar-refractivity contribution in [2.45, 2.75) is 12.8 Å². The van der Waals surface area contributed by atoms with Gasteiger partial charge in [0.05, 0.1) is 18.7 Å². The van der Waals surface area contributed by atoms with Gasteiger partial charge in [0, 0.05) is 0 Å². The van der Waals surface area contributed by atoms with E-state index in [0.29, 0.717) is 0 Å². The standard InChI is InChI=1S/C11H14F2N2O2.ClH/c1-7-2-3-9(16)8(4-7)10(17)15-6-11(12,13)5-14;/h2-4,16H,5-6,14H2,1H3,(H,15,17);1H. The van der Waals surface area contributed by atoms with E-state index in [0.717, 1.165) is 5.56 Å². The van der Waals surface area contributed by atoms with Crippen LogP contribution in [-0.2, 0) is 0 Å². The highest BCUT2D eigenvalue weighted by Crippen LogP contribution is 2.18. The predicted molar refractivity (Wildman–Crippen MR) is 66.4 cm³/mol. The number of phenols is 1. The third-order valence-electron chi connectivity index (χ3n) is 2.20. The fourth-order valence-electron chi connectivity index (χ4n) is 1.21. The third kappa shape index (κ3) is 4.46. The number of hydrogen-bond acceptors (Lipinski definition) is 3. The average molecular weight is 281 g/mol.